The van der Waals surface area contributed by atoms with Crippen LogP contribution >= 0.6 is 0 Å². The summed E-state index contributed by atoms with van der Waals surface area (Å²) in [6.45, 7) is 3.62. The number of aliphatic hydroxyl groups is 1. The first-order valence-corrected chi connectivity index (χ1v) is 7.57. The van der Waals surface area contributed by atoms with E-state index in [0.29, 0.717) is 32.6 Å². The van der Waals surface area contributed by atoms with Crippen molar-refractivity contribution in [3.8, 4) is 5.75 Å². The Morgan fingerprint density at radius 3 is 3.18 bits per heavy atom. The average molecular weight is 303 g/mol. The maximum absolute atomic E-state index is 9.65. The Morgan fingerprint density at radius 2 is 2.36 bits per heavy atom. The third-order valence-corrected chi connectivity index (χ3v) is 3.69. The zero-order chi connectivity index (χ0) is 15.4. The van der Waals surface area contributed by atoms with E-state index in [-0.39, 0.29) is 12.2 Å². The second-order valence-electron chi connectivity index (χ2n) is 5.71. The Balaban J connectivity index is 1.52. The van der Waals surface area contributed by atoms with Gasteiger partial charge in [0.2, 0.25) is 0 Å². The van der Waals surface area contributed by atoms with Crippen LogP contribution in [0.5, 0.6) is 5.75 Å². The maximum atomic E-state index is 9.65. The van der Waals surface area contributed by atoms with Gasteiger partial charge >= 0.3 is 0 Å². The number of aliphatic hydroxyl groups excluding tert-OH is 1. The van der Waals surface area contributed by atoms with Crippen molar-refractivity contribution in [2.75, 3.05) is 6.61 Å². The minimum Gasteiger partial charge on any atom is -0.487 e. The van der Waals surface area contributed by atoms with Crippen molar-refractivity contribution < 1.29 is 14.6 Å². The molecule has 6 nitrogen and oxygen atoms in total. The molecule has 1 saturated heterocycles. The SMILES string of the molecule is Cc1cccc(OCc2cn(CC3CC(O)CCO3)nn2)c1. The van der Waals surface area contributed by atoms with Gasteiger partial charge in [-0.05, 0) is 31.0 Å². The summed E-state index contributed by atoms with van der Waals surface area (Å²) < 4.78 is 13.1. The molecule has 0 spiro atoms. The van der Waals surface area contributed by atoms with Crippen LogP contribution in [-0.2, 0) is 17.9 Å². The predicted molar refractivity (Wildman–Crippen MR) is 80.5 cm³/mol. The van der Waals surface area contributed by atoms with Crippen molar-refractivity contribution >= 4 is 0 Å². The van der Waals surface area contributed by atoms with Gasteiger partial charge in [-0.15, -0.1) is 5.10 Å². The highest BCUT2D eigenvalue weighted by molar-refractivity contribution is 5.27. The Morgan fingerprint density at radius 1 is 1.45 bits per heavy atom. The Labute approximate surface area is 129 Å². The predicted octanol–water partition coefficient (Wildman–Crippen LogP) is 1.71. The zero-order valence-corrected chi connectivity index (χ0v) is 12.7. The molecule has 3 rings (SSSR count). The first kappa shape index (κ1) is 15.0. The summed E-state index contributed by atoms with van der Waals surface area (Å²) in [6.07, 6.45) is 2.95. The molecule has 0 bridgehead atoms. The summed E-state index contributed by atoms with van der Waals surface area (Å²) in [5.74, 6) is 0.827. The van der Waals surface area contributed by atoms with Crippen LogP contribution in [0.2, 0.25) is 0 Å². The van der Waals surface area contributed by atoms with E-state index in [1.54, 1.807) is 4.68 Å². The average Bonchev–Trinajstić information content (AvgIpc) is 2.93. The molecular formula is C16H21N3O3. The first-order chi connectivity index (χ1) is 10.7. The van der Waals surface area contributed by atoms with Crippen LogP contribution in [0.3, 0.4) is 0 Å². The number of hydrogen-bond donors (Lipinski definition) is 1. The van der Waals surface area contributed by atoms with Crippen molar-refractivity contribution in [3.63, 3.8) is 0 Å². The molecule has 2 aromatic rings. The van der Waals surface area contributed by atoms with Crippen LogP contribution in [-0.4, -0.2) is 38.9 Å². The number of rotatable bonds is 5. The standard InChI is InChI=1S/C16H21N3O3/c1-12-3-2-4-15(7-12)22-11-13-9-19(18-17-13)10-16-8-14(20)5-6-21-16/h2-4,7,9,14,16,20H,5-6,8,10-11H2,1H3. The van der Waals surface area contributed by atoms with E-state index in [1.165, 1.54) is 0 Å². The van der Waals surface area contributed by atoms with Gasteiger partial charge in [-0.3, -0.25) is 0 Å². The largest absolute Gasteiger partial charge is 0.487 e. The molecule has 1 N–H and O–H groups in total. The van der Waals surface area contributed by atoms with Crippen LogP contribution in [0.4, 0.5) is 0 Å². The topological polar surface area (TPSA) is 69.4 Å². The molecule has 6 heteroatoms. The van der Waals surface area contributed by atoms with Crippen LogP contribution < -0.4 is 4.74 Å². The summed E-state index contributed by atoms with van der Waals surface area (Å²) in [7, 11) is 0. The fraction of sp³-hybridized carbons (Fsp3) is 0.500. The number of hydrogen-bond acceptors (Lipinski definition) is 5. The number of aromatic nitrogens is 3. The van der Waals surface area contributed by atoms with Gasteiger partial charge in [-0.25, -0.2) is 4.68 Å². The molecule has 2 atom stereocenters. The maximum Gasteiger partial charge on any atom is 0.134 e. The summed E-state index contributed by atoms with van der Waals surface area (Å²) in [4.78, 5) is 0. The van der Waals surface area contributed by atoms with E-state index < -0.39 is 0 Å². The van der Waals surface area contributed by atoms with Crippen molar-refractivity contribution in [3.05, 3.63) is 41.7 Å². The van der Waals surface area contributed by atoms with Gasteiger partial charge in [-0.1, -0.05) is 17.3 Å². The van der Waals surface area contributed by atoms with E-state index in [4.69, 9.17) is 9.47 Å². The Hall–Kier alpha value is -1.92. The lowest BCUT2D eigenvalue weighted by molar-refractivity contribution is -0.0512. The third kappa shape index (κ3) is 4.05. The molecule has 0 aliphatic carbocycles. The van der Waals surface area contributed by atoms with E-state index in [0.717, 1.165) is 17.0 Å². The number of ether oxygens (including phenoxy) is 2. The highest BCUT2D eigenvalue weighted by Gasteiger charge is 2.21. The molecule has 0 saturated carbocycles. The van der Waals surface area contributed by atoms with E-state index >= 15 is 0 Å². The molecule has 0 amide bonds. The van der Waals surface area contributed by atoms with Gasteiger partial charge in [0.1, 0.15) is 18.1 Å². The highest BCUT2D eigenvalue weighted by Crippen LogP contribution is 2.16. The molecule has 118 valence electrons. The number of nitrogens with zero attached hydrogens (tertiary/aromatic N) is 3. The molecule has 1 aliphatic rings. The van der Waals surface area contributed by atoms with Crippen molar-refractivity contribution in [1.82, 2.24) is 15.0 Å². The van der Waals surface area contributed by atoms with Gasteiger partial charge in [0.25, 0.3) is 0 Å². The smallest absolute Gasteiger partial charge is 0.134 e. The molecule has 2 heterocycles. The van der Waals surface area contributed by atoms with E-state index in [1.807, 2.05) is 37.4 Å². The molecule has 1 aliphatic heterocycles. The normalized spacial score (nSPS) is 21.7. The molecular weight excluding hydrogens is 282 g/mol. The quantitative estimate of drug-likeness (QED) is 0.910. The van der Waals surface area contributed by atoms with Gasteiger partial charge in [0.15, 0.2) is 0 Å². The minimum absolute atomic E-state index is 0.00371. The molecule has 0 radical (unpaired) electrons. The molecule has 22 heavy (non-hydrogen) atoms. The zero-order valence-electron chi connectivity index (χ0n) is 12.7. The second-order valence-corrected chi connectivity index (χ2v) is 5.71. The Kier molecular flexibility index (Phi) is 4.70. The Bertz CT molecular complexity index is 614. The third-order valence-electron chi connectivity index (χ3n) is 3.69. The summed E-state index contributed by atoms with van der Waals surface area (Å²) in [5, 5.41) is 17.8. The fourth-order valence-corrected chi connectivity index (χ4v) is 2.55. The fourth-order valence-electron chi connectivity index (χ4n) is 2.55. The molecule has 2 unspecified atom stereocenters. The van der Waals surface area contributed by atoms with Gasteiger partial charge in [0, 0.05) is 13.0 Å². The summed E-state index contributed by atoms with van der Waals surface area (Å²) in [6, 6.07) is 7.91. The van der Waals surface area contributed by atoms with Crippen LogP contribution in [0.25, 0.3) is 0 Å². The first-order valence-electron chi connectivity index (χ1n) is 7.57. The van der Waals surface area contributed by atoms with Crippen molar-refractivity contribution in [1.29, 1.82) is 0 Å². The van der Waals surface area contributed by atoms with E-state index in [2.05, 4.69) is 10.3 Å². The molecule has 1 aromatic carbocycles. The van der Waals surface area contributed by atoms with Crippen molar-refractivity contribution in [2.24, 2.45) is 0 Å². The van der Waals surface area contributed by atoms with Crippen LogP contribution in [0.15, 0.2) is 30.5 Å². The number of benzene rings is 1. The monoisotopic (exact) mass is 303 g/mol. The minimum atomic E-state index is -0.272. The molecule has 1 aromatic heterocycles. The van der Waals surface area contributed by atoms with Gasteiger partial charge < -0.3 is 14.6 Å². The number of aryl methyl sites for hydroxylation is 1. The summed E-state index contributed by atoms with van der Waals surface area (Å²) >= 11 is 0. The van der Waals surface area contributed by atoms with Crippen LogP contribution in [0.1, 0.15) is 24.1 Å². The van der Waals surface area contributed by atoms with Gasteiger partial charge in [0.05, 0.1) is 24.9 Å². The lowest BCUT2D eigenvalue weighted by Crippen LogP contribution is -2.32. The van der Waals surface area contributed by atoms with Gasteiger partial charge in [-0.2, -0.15) is 0 Å². The van der Waals surface area contributed by atoms with Crippen molar-refractivity contribution in [2.45, 2.75) is 45.1 Å². The van der Waals surface area contributed by atoms with E-state index in [9.17, 15) is 5.11 Å². The lowest BCUT2D eigenvalue weighted by atomic mass is 10.1. The van der Waals surface area contributed by atoms with Crippen LogP contribution in [0, 0.1) is 6.92 Å². The second kappa shape index (κ2) is 6.89. The molecule has 1 fully saturated rings. The lowest BCUT2D eigenvalue weighted by Gasteiger charge is -2.26. The summed E-state index contributed by atoms with van der Waals surface area (Å²) in [5.41, 5.74) is 1.94. The highest BCUT2D eigenvalue weighted by atomic mass is 16.5.